The number of ketones is 2. The van der Waals surface area contributed by atoms with Gasteiger partial charge >= 0.3 is 0 Å². The molecule has 0 N–H and O–H groups in total. The number of rotatable bonds is 4. The van der Waals surface area contributed by atoms with Crippen molar-refractivity contribution in [3.05, 3.63) is 201 Å². The van der Waals surface area contributed by atoms with Crippen LogP contribution in [0.2, 0.25) is 0 Å². The molecule has 0 aliphatic heterocycles. The molecule has 0 bridgehead atoms. The first kappa shape index (κ1) is 29.2. The normalized spacial score (nSPS) is 12.8. The van der Waals surface area contributed by atoms with Crippen molar-refractivity contribution in [3.63, 3.8) is 0 Å². The van der Waals surface area contributed by atoms with E-state index in [-0.39, 0.29) is 11.6 Å². The standard InChI is InChI=1S/C46H30O2/c1-30-19-23-32(24-20-30)44(47)27-28-46(41-17-9-7-15-38(41)39-16-8-10-18-42(39)46)43(45(48)33-25-21-31(2)22-26-33)29-40-36-13-5-3-11-34(36)35-12-4-6-14-37(35)40/h3-26H,1-2H3. The molecule has 0 heterocycles. The lowest BCUT2D eigenvalue weighted by Gasteiger charge is -2.28. The maximum Gasteiger partial charge on any atom is 0.235 e. The van der Waals surface area contributed by atoms with Crippen molar-refractivity contribution < 1.29 is 9.59 Å². The van der Waals surface area contributed by atoms with Crippen molar-refractivity contribution in [1.82, 2.24) is 0 Å². The van der Waals surface area contributed by atoms with E-state index in [9.17, 15) is 4.79 Å². The molecule has 6 aromatic carbocycles. The molecule has 8 rings (SSSR count). The summed E-state index contributed by atoms with van der Waals surface area (Å²) in [4.78, 5) is 28.9. The van der Waals surface area contributed by atoms with E-state index in [0.29, 0.717) is 16.7 Å². The van der Waals surface area contributed by atoms with Gasteiger partial charge in [-0.1, -0.05) is 163 Å². The number of allylic oxidation sites excluding steroid dienone is 1. The van der Waals surface area contributed by atoms with Crippen LogP contribution in [0.15, 0.2) is 157 Å². The molecule has 0 spiro atoms. The lowest BCUT2D eigenvalue weighted by molar-refractivity contribution is 0.102. The average molecular weight is 615 g/mol. The van der Waals surface area contributed by atoms with Crippen LogP contribution in [0.4, 0.5) is 0 Å². The van der Waals surface area contributed by atoms with E-state index in [1.54, 1.807) is 12.1 Å². The van der Waals surface area contributed by atoms with Crippen LogP contribution in [-0.4, -0.2) is 11.6 Å². The Hall–Kier alpha value is -6.26. The Balaban J connectivity index is 1.51. The van der Waals surface area contributed by atoms with Gasteiger partial charge in [-0.2, -0.15) is 0 Å². The Kier molecular flexibility index (Phi) is 7.00. The highest BCUT2D eigenvalue weighted by Crippen LogP contribution is 2.54. The molecule has 0 aromatic heterocycles. The van der Waals surface area contributed by atoms with E-state index < -0.39 is 5.41 Å². The third kappa shape index (κ3) is 4.61. The number of hydrogen-bond donors (Lipinski definition) is 0. The fourth-order valence-electron chi connectivity index (χ4n) is 7.08. The molecule has 0 radical (unpaired) electrons. The SMILES string of the molecule is Cc1ccc(C(=O)C#CC2(C(=C=C3c4ccccc4-c4ccccc43)C(=O)c3ccc(C)cc3)c3ccccc3-c3ccccc32)cc1. The molecular weight excluding hydrogens is 585 g/mol. The van der Waals surface area contributed by atoms with Gasteiger partial charge in [0.25, 0.3) is 0 Å². The van der Waals surface area contributed by atoms with E-state index in [0.717, 1.165) is 61.2 Å². The minimum absolute atomic E-state index is 0.187. The minimum Gasteiger partial charge on any atom is -0.288 e. The minimum atomic E-state index is -1.28. The molecule has 6 aromatic rings. The Morgan fingerprint density at radius 1 is 0.479 bits per heavy atom. The summed E-state index contributed by atoms with van der Waals surface area (Å²) < 4.78 is 0. The van der Waals surface area contributed by atoms with Gasteiger partial charge < -0.3 is 0 Å². The van der Waals surface area contributed by atoms with Crippen molar-refractivity contribution in [3.8, 4) is 34.1 Å². The van der Waals surface area contributed by atoms with Crippen LogP contribution in [-0.2, 0) is 5.41 Å². The maximum atomic E-state index is 15.2. The molecule has 0 atom stereocenters. The third-order valence-corrected chi connectivity index (χ3v) is 9.48. The van der Waals surface area contributed by atoms with Gasteiger partial charge in [0.05, 0.1) is 5.57 Å². The predicted molar refractivity (Wildman–Crippen MR) is 193 cm³/mol. The topological polar surface area (TPSA) is 34.1 Å². The number of fused-ring (bicyclic) bond motifs is 6. The summed E-state index contributed by atoms with van der Waals surface area (Å²) >= 11 is 0. The van der Waals surface area contributed by atoms with Crippen LogP contribution in [0, 0.1) is 25.7 Å². The van der Waals surface area contributed by atoms with Crippen molar-refractivity contribution in [1.29, 1.82) is 0 Å². The number of hydrogen-bond acceptors (Lipinski definition) is 2. The number of Topliss-reactive ketones (excluding diaryl/α,β-unsaturated/α-hetero) is 2. The quantitative estimate of drug-likeness (QED) is 0.0650. The van der Waals surface area contributed by atoms with E-state index in [1.807, 2.05) is 111 Å². The Labute approximate surface area is 280 Å². The maximum absolute atomic E-state index is 15.2. The van der Waals surface area contributed by atoms with Crippen molar-refractivity contribution in [2.24, 2.45) is 0 Å². The zero-order valence-corrected chi connectivity index (χ0v) is 26.7. The molecule has 0 amide bonds. The monoisotopic (exact) mass is 614 g/mol. The molecular formula is C46H30O2. The summed E-state index contributed by atoms with van der Waals surface area (Å²) in [5, 5.41) is 0. The first-order valence-corrected chi connectivity index (χ1v) is 16.1. The fraction of sp³-hybridized carbons (Fsp3) is 0.0652. The number of carbonyl (C=O) groups excluding carboxylic acids is 2. The molecule has 48 heavy (non-hydrogen) atoms. The summed E-state index contributed by atoms with van der Waals surface area (Å²) in [7, 11) is 0. The van der Waals surface area contributed by atoms with Crippen LogP contribution in [0.5, 0.6) is 0 Å². The highest BCUT2D eigenvalue weighted by atomic mass is 16.1. The summed E-state index contributed by atoms with van der Waals surface area (Å²) in [6, 6.07) is 47.7. The highest BCUT2D eigenvalue weighted by Gasteiger charge is 2.48. The van der Waals surface area contributed by atoms with E-state index in [4.69, 9.17) is 0 Å². The van der Waals surface area contributed by atoms with Gasteiger partial charge in [-0.15, -0.1) is 5.73 Å². The van der Waals surface area contributed by atoms with Crippen molar-refractivity contribution in [2.45, 2.75) is 19.3 Å². The van der Waals surface area contributed by atoms with Gasteiger partial charge in [-0.25, -0.2) is 0 Å². The molecule has 226 valence electrons. The van der Waals surface area contributed by atoms with E-state index >= 15 is 4.79 Å². The molecule has 2 nitrogen and oxygen atoms in total. The fourth-order valence-corrected chi connectivity index (χ4v) is 7.08. The van der Waals surface area contributed by atoms with E-state index in [1.165, 1.54) is 0 Å². The lowest BCUT2D eigenvalue weighted by Crippen LogP contribution is -2.31. The van der Waals surface area contributed by atoms with Crippen molar-refractivity contribution >= 4 is 17.1 Å². The van der Waals surface area contributed by atoms with Crippen LogP contribution in [0.3, 0.4) is 0 Å². The van der Waals surface area contributed by atoms with Gasteiger partial charge in [0.2, 0.25) is 5.78 Å². The van der Waals surface area contributed by atoms with Gasteiger partial charge in [0, 0.05) is 16.7 Å². The summed E-state index contributed by atoms with van der Waals surface area (Å²) in [6.45, 7) is 3.99. The Morgan fingerprint density at radius 2 is 0.896 bits per heavy atom. The van der Waals surface area contributed by atoms with Crippen molar-refractivity contribution in [2.75, 3.05) is 0 Å². The molecule has 2 aliphatic rings. The number of benzene rings is 6. The van der Waals surface area contributed by atoms with E-state index in [2.05, 4.69) is 54.0 Å². The zero-order chi connectivity index (χ0) is 32.8. The zero-order valence-electron chi connectivity index (χ0n) is 26.7. The van der Waals surface area contributed by atoms with Crippen LogP contribution >= 0.6 is 0 Å². The summed E-state index contributed by atoms with van der Waals surface area (Å²) in [5.74, 6) is 6.01. The molecule has 2 heteroatoms. The summed E-state index contributed by atoms with van der Waals surface area (Å²) in [6.07, 6.45) is 0. The van der Waals surface area contributed by atoms with Gasteiger partial charge in [-0.3, -0.25) is 9.59 Å². The van der Waals surface area contributed by atoms with Crippen LogP contribution in [0.1, 0.15) is 54.1 Å². The van der Waals surface area contributed by atoms with Gasteiger partial charge in [0.15, 0.2) is 5.78 Å². The second-order valence-corrected chi connectivity index (χ2v) is 12.4. The smallest absolute Gasteiger partial charge is 0.235 e. The number of aryl methyl sites for hydroxylation is 2. The summed E-state index contributed by atoms with van der Waals surface area (Å²) in [5.41, 5.74) is 14.7. The molecule has 0 saturated heterocycles. The third-order valence-electron chi connectivity index (χ3n) is 9.48. The Bertz CT molecular complexity index is 2330. The molecule has 0 fully saturated rings. The van der Waals surface area contributed by atoms with Gasteiger partial charge in [-0.05, 0) is 64.3 Å². The van der Waals surface area contributed by atoms with Crippen LogP contribution < -0.4 is 0 Å². The predicted octanol–water partition coefficient (Wildman–Crippen LogP) is 9.98. The Morgan fingerprint density at radius 3 is 1.40 bits per heavy atom. The second kappa shape index (κ2) is 11.5. The average Bonchev–Trinajstić information content (AvgIpc) is 3.60. The first-order chi connectivity index (χ1) is 23.5. The molecule has 0 saturated carbocycles. The highest BCUT2D eigenvalue weighted by molar-refractivity contribution is 6.15. The first-order valence-electron chi connectivity index (χ1n) is 16.1. The van der Waals surface area contributed by atoms with Gasteiger partial charge in [0.1, 0.15) is 5.41 Å². The number of carbonyl (C=O) groups is 2. The second-order valence-electron chi connectivity index (χ2n) is 12.4. The van der Waals surface area contributed by atoms with Crippen LogP contribution in [0.25, 0.3) is 27.8 Å². The lowest BCUT2D eigenvalue weighted by atomic mass is 9.70. The molecule has 2 aliphatic carbocycles. The molecule has 0 unspecified atom stereocenters. The largest absolute Gasteiger partial charge is 0.288 e.